The number of anilines is 1. The third-order valence-electron chi connectivity index (χ3n) is 4.45. The Balaban J connectivity index is 1.68. The molecule has 0 unspecified atom stereocenters. The van der Waals surface area contributed by atoms with Crippen LogP contribution < -0.4 is 5.32 Å². The highest BCUT2D eigenvalue weighted by molar-refractivity contribution is 6.42. The van der Waals surface area contributed by atoms with Crippen molar-refractivity contribution in [3.05, 3.63) is 63.2 Å². The first-order valence-electron chi connectivity index (χ1n) is 8.79. The molecule has 1 aromatic carbocycles. The molecule has 152 valence electrons. The van der Waals surface area contributed by atoms with Crippen LogP contribution in [0.1, 0.15) is 33.9 Å². The molecule has 1 amide bonds. The number of hydrogen-bond donors (Lipinski definition) is 2. The van der Waals surface area contributed by atoms with E-state index in [4.69, 9.17) is 28.3 Å². The fourth-order valence-electron chi connectivity index (χ4n) is 2.94. The number of rotatable bonds is 7. The standard InChI is InChI=1S/C19H19Cl2N5O3/c1-11-18(23-17(27)6-8-25-16(19(28)29)5-7-22-25)12(2)26(24-11)10-13-3-4-14(20)15(21)9-13/h3-5,7,9H,6,8,10H2,1-2H3,(H,23,27)(H,28,29). The molecular weight excluding hydrogens is 417 g/mol. The van der Waals surface area contributed by atoms with Gasteiger partial charge in [0.2, 0.25) is 5.91 Å². The van der Waals surface area contributed by atoms with E-state index in [1.165, 1.54) is 16.9 Å². The van der Waals surface area contributed by atoms with Crippen molar-refractivity contribution in [1.82, 2.24) is 19.6 Å². The van der Waals surface area contributed by atoms with Gasteiger partial charge in [0, 0.05) is 12.6 Å². The number of carbonyl (C=O) groups excluding carboxylic acids is 1. The van der Waals surface area contributed by atoms with Gasteiger partial charge in [0.1, 0.15) is 5.69 Å². The lowest BCUT2D eigenvalue weighted by Crippen LogP contribution is -2.18. The number of nitrogens with one attached hydrogen (secondary N) is 1. The van der Waals surface area contributed by atoms with E-state index in [0.717, 1.165) is 11.3 Å². The molecule has 29 heavy (non-hydrogen) atoms. The summed E-state index contributed by atoms with van der Waals surface area (Å²) in [6.07, 6.45) is 1.47. The second-order valence-corrected chi connectivity index (χ2v) is 7.31. The number of benzene rings is 1. The Labute approximate surface area is 177 Å². The highest BCUT2D eigenvalue weighted by atomic mass is 35.5. The van der Waals surface area contributed by atoms with Gasteiger partial charge >= 0.3 is 5.97 Å². The molecule has 2 N–H and O–H groups in total. The lowest BCUT2D eigenvalue weighted by molar-refractivity contribution is -0.116. The molecule has 0 spiro atoms. The number of hydrogen-bond acceptors (Lipinski definition) is 4. The molecule has 0 aliphatic carbocycles. The average Bonchev–Trinajstić information content (AvgIpc) is 3.24. The monoisotopic (exact) mass is 435 g/mol. The zero-order valence-electron chi connectivity index (χ0n) is 15.8. The summed E-state index contributed by atoms with van der Waals surface area (Å²) in [4.78, 5) is 23.5. The van der Waals surface area contributed by atoms with E-state index < -0.39 is 5.97 Å². The maximum Gasteiger partial charge on any atom is 0.354 e. The summed E-state index contributed by atoms with van der Waals surface area (Å²) >= 11 is 12.0. The van der Waals surface area contributed by atoms with E-state index in [1.807, 2.05) is 19.9 Å². The predicted molar refractivity (Wildman–Crippen MR) is 110 cm³/mol. The molecule has 0 aliphatic rings. The summed E-state index contributed by atoms with van der Waals surface area (Å²) in [7, 11) is 0. The van der Waals surface area contributed by atoms with Gasteiger partial charge in [-0.3, -0.25) is 14.2 Å². The molecule has 0 bridgehead atoms. The second kappa shape index (κ2) is 8.67. The molecule has 3 aromatic rings. The van der Waals surface area contributed by atoms with Crippen molar-refractivity contribution in [3.8, 4) is 0 Å². The van der Waals surface area contributed by atoms with E-state index in [-0.39, 0.29) is 24.6 Å². The molecule has 3 rings (SSSR count). The maximum absolute atomic E-state index is 12.4. The predicted octanol–water partition coefficient (Wildman–Crippen LogP) is 3.78. The molecule has 0 saturated heterocycles. The minimum absolute atomic E-state index is 0.0413. The number of aryl methyl sites for hydroxylation is 2. The third-order valence-corrected chi connectivity index (χ3v) is 5.19. The van der Waals surface area contributed by atoms with Gasteiger partial charge in [-0.2, -0.15) is 10.2 Å². The molecule has 8 nitrogen and oxygen atoms in total. The fraction of sp³-hybridized carbons (Fsp3) is 0.263. The normalized spacial score (nSPS) is 10.9. The van der Waals surface area contributed by atoms with Gasteiger partial charge in [-0.05, 0) is 37.6 Å². The topological polar surface area (TPSA) is 102 Å². The highest BCUT2D eigenvalue weighted by Gasteiger charge is 2.16. The molecule has 0 aliphatic heterocycles. The van der Waals surface area contributed by atoms with Gasteiger partial charge in [-0.1, -0.05) is 29.3 Å². The van der Waals surface area contributed by atoms with Gasteiger partial charge in [-0.25, -0.2) is 4.79 Å². The summed E-state index contributed by atoms with van der Waals surface area (Å²) in [6.45, 7) is 4.32. The molecule has 10 heteroatoms. The number of halogens is 2. The van der Waals surface area contributed by atoms with Gasteiger partial charge in [-0.15, -0.1) is 0 Å². The van der Waals surface area contributed by atoms with Crippen molar-refractivity contribution >= 4 is 40.8 Å². The molecule has 2 aromatic heterocycles. The van der Waals surface area contributed by atoms with Crippen molar-refractivity contribution in [2.75, 3.05) is 5.32 Å². The van der Waals surface area contributed by atoms with Crippen molar-refractivity contribution in [2.45, 2.75) is 33.4 Å². The summed E-state index contributed by atoms with van der Waals surface area (Å²) in [5.41, 5.74) is 3.09. The summed E-state index contributed by atoms with van der Waals surface area (Å²) in [5, 5.41) is 21.3. The Hall–Kier alpha value is -2.84. The molecule has 0 radical (unpaired) electrons. The molecule has 2 heterocycles. The second-order valence-electron chi connectivity index (χ2n) is 6.49. The fourth-order valence-corrected chi connectivity index (χ4v) is 3.27. The zero-order valence-corrected chi connectivity index (χ0v) is 17.3. The van der Waals surface area contributed by atoms with Crippen LogP contribution in [0.5, 0.6) is 0 Å². The Morgan fingerprint density at radius 3 is 2.59 bits per heavy atom. The quantitative estimate of drug-likeness (QED) is 0.587. The maximum atomic E-state index is 12.4. The van der Waals surface area contributed by atoms with E-state index in [1.54, 1.807) is 16.8 Å². The first-order chi connectivity index (χ1) is 13.8. The Morgan fingerprint density at radius 2 is 1.90 bits per heavy atom. The van der Waals surface area contributed by atoms with E-state index in [9.17, 15) is 9.59 Å². The van der Waals surface area contributed by atoms with Crippen LogP contribution in [0.2, 0.25) is 10.0 Å². The molecule has 0 saturated carbocycles. The zero-order chi connectivity index (χ0) is 21.1. The highest BCUT2D eigenvalue weighted by Crippen LogP contribution is 2.25. The molecule has 0 atom stereocenters. The first-order valence-corrected chi connectivity index (χ1v) is 9.54. The number of carbonyl (C=O) groups is 2. The van der Waals surface area contributed by atoms with Crippen LogP contribution in [0, 0.1) is 13.8 Å². The lowest BCUT2D eigenvalue weighted by atomic mass is 10.2. The Morgan fingerprint density at radius 1 is 1.14 bits per heavy atom. The number of carboxylic acids is 1. The number of aromatic carboxylic acids is 1. The smallest absolute Gasteiger partial charge is 0.354 e. The molecular formula is C19H19Cl2N5O3. The number of aromatic nitrogens is 4. The van der Waals surface area contributed by atoms with Gasteiger partial charge < -0.3 is 10.4 Å². The third kappa shape index (κ3) is 4.78. The van der Waals surface area contributed by atoms with Crippen LogP contribution in [0.15, 0.2) is 30.5 Å². The van der Waals surface area contributed by atoms with Crippen LogP contribution >= 0.6 is 23.2 Å². The van der Waals surface area contributed by atoms with Crippen molar-refractivity contribution < 1.29 is 14.7 Å². The SMILES string of the molecule is Cc1nn(Cc2ccc(Cl)c(Cl)c2)c(C)c1NC(=O)CCn1nccc1C(=O)O. The largest absolute Gasteiger partial charge is 0.477 e. The Bertz CT molecular complexity index is 1070. The average molecular weight is 436 g/mol. The molecule has 0 fully saturated rings. The summed E-state index contributed by atoms with van der Waals surface area (Å²) in [6, 6.07) is 6.77. The first kappa shape index (κ1) is 20.9. The van der Waals surface area contributed by atoms with Crippen LogP contribution in [-0.4, -0.2) is 36.5 Å². The van der Waals surface area contributed by atoms with Gasteiger partial charge in [0.15, 0.2) is 0 Å². The Kier molecular flexibility index (Phi) is 6.24. The lowest BCUT2D eigenvalue weighted by Gasteiger charge is -2.09. The van der Waals surface area contributed by atoms with E-state index in [2.05, 4.69) is 15.5 Å². The number of carboxylic acid groups (broad SMARTS) is 1. The van der Waals surface area contributed by atoms with Crippen LogP contribution in [0.3, 0.4) is 0 Å². The van der Waals surface area contributed by atoms with Gasteiger partial charge in [0.05, 0.1) is 40.2 Å². The van der Waals surface area contributed by atoms with Crippen LogP contribution in [0.4, 0.5) is 5.69 Å². The van der Waals surface area contributed by atoms with E-state index in [0.29, 0.717) is 28.0 Å². The number of amides is 1. The van der Waals surface area contributed by atoms with Crippen molar-refractivity contribution in [1.29, 1.82) is 0 Å². The minimum atomic E-state index is -1.09. The number of nitrogens with zero attached hydrogens (tertiary/aromatic N) is 4. The minimum Gasteiger partial charge on any atom is -0.477 e. The summed E-state index contributed by atoms with van der Waals surface area (Å²) < 4.78 is 3.07. The van der Waals surface area contributed by atoms with Crippen molar-refractivity contribution in [2.24, 2.45) is 0 Å². The van der Waals surface area contributed by atoms with Crippen molar-refractivity contribution in [3.63, 3.8) is 0 Å². The summed E-state index contributed by atoms with van der Waals surface area (Å²) in [5.74, 6) is -1.34. The van der Waals surface area contributed by atoms with E-state index >= 15 is 0 Å². The van der Waals surface area contributed by atoms with Gasteiger partial charge in [0.25, 0.3) is 0 Å². The van der Waals surface area contributed by atoms with Crippen LogP contribution in [0.25, 0.3) is 0 Å². The van der Waals surface area contributed by atoms with Crippen LogP contribution in [-0.2, 0) is 17.9 Å².